The van der Waals surface area contributed by atoms with Crippen molar-refractivity contribution in [1.82, 2.24) is 5.32 Å². The molecule has 0 atom stereocenters. The Kier molecular flexibility index (Phi) is 8.15. The third-order valence-electron chi connectivity index (χ3n) is 5.35. The number of methoxy groups -OCH3 is 1. The molecule has 0 bridgehead atoms. The Bertz CT molecular complexity index is 955. The molecular formula is C23H28N4O5. The van der Waals surface area contributed by atoms with Crippen LogP contribution < -0.4 is 15.5 Å². The summed E-state index contributed by atoms with van der Waals surface area (Å²) >= 11 is 0. The number of anilines is 2. The second-order valence-electron chi connectivity index (χ2n) is 7.64. The Balaban J connectivity index is 1.79. The van der Waals surface area contributed by atoms with Crippen molar-refractivity contribution in [2.75, 3.05) is 43.6 Å². The van der Waals surface area contributed by atoms with E-state index in [0.29, 0.717) is 36.4 Å². The van der Waals surface area contributed by atoms with Gasteiger partial charge in [0.15, 0.2) is 0 Å². The molecule has 0 unspecified atom stereocenters. The van der Waals surface area contributed by atoms with E-state index in [2.05, 4.69) is 15.5 Å². The van der Waals surface area contributed by atoms with Crippen LogP contribution in [0.4, 0.5) is 17.1 Å². The van der Waals surface area contributed by atoms with Gasteiger partial charge in [-0.25, -0.2) is 0 Å². The molecule has 170 valence electrons. The molecule has 1 saturated heterocycles. The number of non-ortho nitro benzene ring substituents is 1. The lowest BCUT2D eigenvalue weighted by molar-refractivity contribution is -0.384. The molecule has 0 spiro atoms. The van der Waals surface area contributed by atoms with Gasteiger partial charge in [-0.05, 0) is 56.0 Å². The lowest BCUT2D eigenvalue weighted by atomic mass is 10.1. The summed E-state index contributed by atoms with van der Waals surface area (Å²) in [4.78, 5) is 38.0. The minimum atomic E-state index is -0.515. The van der Waals surface area contributed by atoms with Crippen molar-refractivity contribution in [3.63, 3.8) is 0 Å². The van der Waals surface area contributed by atoms with Crippen molar-refractivity contribution in [3.05, 3.63) is 63.7 Å². The van der Waals surface area contributed by atoms with Crippen LogP contribution in [0.5, 0.6) is 0 Å². The fourth-order valence-electron chi connectivity index (χ4n) is 3.66. The summed E-state index contributed by atoms with van der Waals surface area (Å²) in [6.07, 6.45) is 4.04. The molecule has 0 saturated carbocycles. The highest BCUT2D eigenvalue weighted by atomic mass is 16.6. The van der Waals surface area contributed by atoms with E-state index in [0.717, 1.165) is 31.6 Å². The molecule has 2 N–H and O–H groups in total. The second-order valence-corrected chi connectivity index (χ2v) is 7.64. The first-order valence-corrected chi connectivity index (χ1v) is 10.7. The maximum Gasteiger partial charge on any atom is 0.269 e. The van der Waals surface area contributed by atoms with E-state index in [1.165, 1.54) is 30.7 Å². The van der Waals surface area contributed by atoms with Gasteiger partial charge in [0.25, 0.3) is 17.5 Å². The largest absolute Gasteiger partial charge is 0.385 e. The summed E-state index contributed by atoms with van der Waals surface area (Å²) in [7, 11) is 1.62. The zero-order chi connectivity index (χ0) is 22.9. The number of nitro groups is 1. The predicted octanol–water partition coefficient (Wildman–Crippen LogP) is 3.60. The van der Waals surface area contributed by atoms with Gasteiger partial charge in [0.1, 0.15) is 0 Å². The van der Waals surface area contributed by atoms with Crippen molar-refractivity contribution < 1.29 is 19.2 Å². The molecule has 9 nitrogen and oxygen atoms in total. The maximum atomic E-state index is 12.9. The van der Waals surface area contributed by atoms with Gasteiger partial charge in [-0.1, -0.05) is 0 Å². The summed E-state index contributed by atoms with van der Waals surface area (Å²) in [5.41, 5.74) is 2.05. The Hall–Kier alpha value is -3.46. The lowest BCUT2D eigenvalue weighted by Crippen LogP contribution is -2.33. The van der Waals surface area contributed by atoms with E-state index in [1.54, 1.807) is 19.2 Å². The molecule has 2 amide bonds. The van der Waals surface area contributed by atoms with E-state index in [9.17, 15) is 19.7 Å². The molecule has 1 aliphatic heterocycles. The molecule has 0 radical (unpaired) electrons. The van der Waals surface area contributed by atoms with Crippen molar-refractivity contribution in [3.8, 4) is 0 Å². The van der Waals surface area contributed by atoms with Crippen molar-refractivity contribution in [2.45, 2.75) is 25.7 Å². The summed E-state index contributed by atoms with van der Waals surface area (Å²) in [5.74, 6) is -0.606. The number of nitro benzene ring substituents is 1. The fraction of sp³-hybridized carbons (Fsp3) is 0.391. The Morgan fingerprint density at radius 3 is 2.44 bits per heavy atom. The van der Waals surface area contributed by atoms with Crippen molar-refractivity contribution in [1.29, 1.82) is 0 Å². The molecule has 1 heterocycles. The number of benzene rings is 2. The topological polar surface area (TPSA) is 114 Å². The van der Waals surface area contributed by atoms with E-state index >= 15 is 0 Å². The molecular weight excluding hydrogens is 412 g/mol. The van der Waals surface area contributed by atoms with Gasteiger partial charge in [-0.3, -0.25) is 19.7 Å². The van der Waals surface area contributed by atoms with Gasteiger partial charge in [0, 0.05) is 62.4 Å². The van der Waals surface area contributed by atoms with Gasteiger partial charge in [-0.2, -0.15) is 0 Å². The third-order valence-corrected chi connectivity index (χ3v) is 5.35. The highest BCUT2D eigenvalue weighted by molar-refractivity contribution is 6.06. The van der Waals surface area contributed by atoms with E-state index in [-0.39, 0.29) is 11.6 Å². The average molecular weight is 441 g/mol. The number of amides is 2. The summed E-state index contributed by atoms with van der Waals surface area (Å²) in [6.45, 7) is 2.83. The van der Waals surface area contributed by atoms with Crippen molar-refractivity contribution >= 4 is 28.9 Å². The van der Waals surface area contributed by atoms with Crippen LogP contribution in [0.25, 0.3) is 0 Å². The zero-order valence-electron chi connectivity index (χ0n) is 18.1. The van der Waals surface area contributed by atoms with Gasteiger partial charge in [-0.15, -0.1) is 0 Å². The number of carbonyl (C=O) groups is 2. The number of hydrogen-bond acceptors (Lipinski definition) is 6. The van der Waals surface area contributed by atoms with E-state index in [4.69, 9.17) is 4.74 Å². The van der Waals surface area contributed by atoms with Crippen molar-refractivity contribution in [2.24, 2.45) is 0 Å². The average Bonchev–Trinajstić information content (AvgIpc) is 2.82. The molecule has 32 heavy (non-hydrogen) atoms. The predicted molar refractivity (Wildman–Crippen MR) is 122 cm³/mol. The van der Waals surface area contributed by atoms with Crippen LogP contribution in [0.15, 0.2) is 42.5 Å². The minimum absolute atomic E-state index is 0.0835. The molecule has 1 aliphatic rings. The number of ether oxygens (including phenoxy) is 1. The first kappa shape index (κ1) is 23.2. The number of rotatable bonds is 9. The van der Waals surface area contributed by atoms with Crippen LogP contribution in [0.2, 0.25) is 0 Å². The van der Waals surface area contributed by atoms with Crippen LogP contribution >= 0.6 is 0 Å². The highest BCUT2D eigenvalue weighted by Crippen LogP contribution is 2.27. The monoisotopic (exact) mass is 440 g/mol. The van der Waals surface area contributed by atoms with Gasteiger partial charge >= 0.3 is 0 Å². The van der Waals surface area contributed by atoms with Gasteiger partial charge < -0.3 is 20.3 Å². The lowest BCUT2D eigenvalue weighted by Gasteiger charge is -2.30. The van der Waals surface area contributed by atoms with E-state index in [1.807, 2.05) is 6.07 Å². The third kappa shape index (κ3) is 6.04. The molecule has 2 aromatic carbocycles. The van der Waals surface area contributed by atoms with Gasteiger partial charge in [0.2, 0.25) is 0 Å². The minimum Gasteiger partial charge on any atom is -0.385 e. The first-order chi connectivity index (χ1) is 15.5. The standard InChI is InChI=1S/C23H28N4O5/c1-32-15-5-12-24-23(29)20-16-18(8-11-21(20)26-13-3-2-4-14-26)25-22(28)17-6-9-19(10-7-17)27(30)31/h6-11,16H,2-5,12-15H2,1H3,(H,24,29)(H,25,28). The molecule has 0 aromatic heterocycles. The molecule has 3 rings (SSSR count). The summed E-state index contributed by atoms with van der Waals surface area (Å²) < 4.78 is 5.03. The Labute approximate surface area is 186 Å². The number of hydrogen-bond donors (Lipinski definition) is 2. The van der Waals surface area contributed by atoms with Crippen LogP contribution in [-0.2, 0) is 4.74 Å². The van der Waals surface area contributed by atoms with Crippen LogP contribution in [0.1, 0.15) is 46.4 Å². The highest BCUT2D eigenvalue weighted by Gasteiger charge is 2.20. The first-order valence-electron chi connectivity index (χ1n) is 10.7. The smallest absolute Gasteiger partial charge is 0.269 e. The second kappa shape index (κ2) is 11.2. The van der Waals surface area contributed by atoms with Crippen LogP contribution in [0.3, 0.4) is 0 Å². The van der Waals surface area contributed by atoms with E-state index < -0.39 is 10.8 Å². The van der Waals surface area contributed by atoms with Crippen LogP contribution in [-0.4, -0.2) is 50.1 Å². The number of nitrogens with zero attached hydrogens (tertiary/aromatic N) is 2. The fourth-order valence-corrected chi connectivity index (χ4v) is 3.66. The Morgan fingerprint density at radius 1 is 1.06 bits per heavy atom. The molecule has 2 aromatic rings. The quantitative estimate of drug-likeness (QED) is 0.350. The number of piperidine rings is 1. The Morgan fingerprint density at radius 2 is 1.78 bits per heavy atom. The number of nitrogens with one attached hydrogen (secondary N) is 2. The zero-order valence-corrected chi connectivity index (χ0v) is 18.1. The number of carbonyl (C=O) groups excluding carboxylic acids is 2. The molecule has 0 aliphatic carbocycles. The SMILES string of the molecule is COCCCNC(=O)c1cc(NC(=O)c2ccc([N+](=O)[O-])cc2)ccc1N1CCCCC1. The molecule has 9 heteroatoms. The van der Waals surface area contributed by atoms with Crippen LogP contribution in [0, 0.1) is 10.1 Å². The molecule has 1 fully saturated rings. The normalized spacial score (nSPS) is 13.5. The van der Waals surface area contributed by atoms with Gasteiger partial charge in [0.05, 0.1) is 10.5 Å². The summed E-state index contributed by atoms with van der Waals surface area (Å²) in [6, 6.07) is 10.7. The summed E-state index contributed by atoms with van der Waals surface area (Å²) in [5, 5.41) is 16.5. The maximum absolute atomic E-state index is 12.9.